The fourth-order valence-corrected chi connectivity index (χ4v) is 6.21. The van der Waals surface area contributed by atoms with Crippen LogP contribution in [0.2, 0.25) is 5.02 Å². The minimum atomic E-state index is -0.0194. The van der Waals surface area contributed by atoms with Gasteiger partial charge < -0.3 is 19.5 Å². The molecule has 1 N–H and O–H groups in total. The molecule has 0 spiro atoms. The van der Waals surface area contributed by atoms with Gasteiger partial charge in [-0.25, -0.2) is 0 Å². The monoisotopic (exact) mass is 523 g/mol. The van der Waals surface area contributed by atoms with Gasteiger partial charge in [0.15, 0.2) is 5.11 Å². The number of aromatic nitrogens is 2. The van der Waals surface area contributed by atoms with E-state index in [1.165, 1.54) is 22.5 Å². The van der Waals surface area contributed by atoms with Gasteiger partial charge in [0, 0.05) is 60.0 Å². The van der Waals surface area contributed by atoms with Crippen LogP contribution in [0.5, 0.6) is 0 Å². The van der Waals surface area contributed by atoms with Crippen molar-refractivity contribution in [3.8, 4) is 5.69 Å². The summed E-state index contributed by atoms with van der Waals surface area (Å²) in [6.07, 6.45) is 2.90. The van der Waals surface area contributed by atoms with Crippen LogP contribution in [0.25, 0.3) is 5.69 Å². The van der Waals surface area contributed by atoms with Gasteiger partial charge in [-0.2, -0.15) is 0 Å². The number of hydrogen-bond acceptors (Lipinski definition) is 4. The molecule has 0 bridgehead atoms. The lowest BCUT2D eigenvalue weighted by Gasteiger charge is -2.31. The topological polar surface area (TPSA) is 45.6 Å². The lowest BCUT2D eigenvalue weighted by Crippen LogP contribution is -2.39. The summed E-state index contributed by atoms with van der Waals surface area (Å²) in [5.41, 5.74) is 7.10. The Morgan fingerprint density at radius 1 is 1.06 bits per heavy atom. The molecule has 2 aliphatic rings. The molecule has 2 fully saturated rings. The van der Waals surface area contributed by atoms with Crippen molar-refractivity contribution < 1.29 is 4.74 Å². The van der Waals surface area contributed by atoms with Crippen LogP contribution in [-0.2, 0) is 4.74 Å². The van der Waals surface area contributed by atoms with E-state index in [4.69, 9.17) is 33.5 Å². The summed E-state index contributed by atoms with van der Waals surface area (Å²) < 4.78 is 7.84. The summed E-state index contributed by atoms with van der Waals surface area (Å²) in [4.78, 5) is 9.59. The molecule has 2 aromatic heterocycles. The first-order valence-corrected chi connectivity index (χ1v) is 13.5. The molecular formula is C28H34ClN5OS. The van der Waals surface area contributed by atoms with Crippen molar-refractivity contribution >= 4 is 28.9 Å². The Morgan fingerprint density at radius 3 is 2.58 bits per heavy atom. The lowest BCUT2D eigenvalue weighted by molar-refractivity contribution is 0.0365. The highest BCUT2D eigenvalue weighted by molar-refractivity contribution is 7.80. The van der Waals surface area contributed by atoms with Crippen molar-refractivity contribution in [2.75, 3.05) is 39.4 Å². The lowest BCUT2D eigenvalue weighted by atomic mass is 9.93. The Kier molecular flexibility index (Phi) is 7.62. The summed E-state index contributed by atoms with van der Waals surface area (Å²) in [5, 5.41) is 5.15. The molecule has 0 amide bonds. The molecule has 0 saturated carbocycles. The zero-order valence-electron chi connectivity index (χ0n) is 21.2. The Bertz CT molecular complexity index is 1220. The van der Waals surface area contributed by atoms with E-state index in [9.17, 15) is 0 Å². The van der Waals surface area contributed by atoms with E-state index in [2.05, 4.69) is 52.6 Å². The fourth-order valence-electron chi connectivity index (χ4n) is 5.69. The van der Waals surface area contributed by atoms with E-state index in [0.717, 1.165) is 67.3 Å². The number of nitrogens with one attached hydrogen (secondary N) is 1. The summed E-state index contributed by atoms with van der Waals surface area (Å²) in [7, 11) is 0. The summed E-state index contributed by atoms with van der Waals surface area (Å²) >= 11 is 12.3. The zero-order chi connectivity index (χ0) is 25.2. The smallest absolute Gasteiger partial charge is 0.170 e. The SMILES string of the molecule is Cc1c([C@@H]2[C@H](c3ccccn3)NC(=S)N2CCCN2CCOCC2)c(C)n(-c2cccc(Cl)c2)c1C. The number of hydrogen-bond donors (Lipinski definition) is 1. The van der Waals surface area contributed by atoms with Crippen LogP contribution in [0, 0.1) is 20.8 Å². The van der Waals surface area contributed by atoms with E-state index >= 15 is 0 Å². The maximum absolute atomic E-state index is 6.37. The Hall–Kier alpha value is -2.45. The van der Waals surface area contributed by atoms with Crippen molar-refractivity contribution in [2.45, 2.75) is 39.3 Å². The van der Waals surface area contributed by atoms with Gasteiger partial charge in [-0.3, -0.25) is 9.88 Å². The maximum atomic E-state index is 6.37. The molecule has 2 atom stereocenters. The van der Waals surface area contributed by atoms with Crippen molar-refractivity contribution in [3.63, 3.8) is 0 Å². The number of thiocarbonyl (C=S) groups is 1. The zero-order valence-corrected chi connectivity index (χ0v) is 22.8. The molecular weight excluding hydrogens is 490 g/mol. The van der Waals surface area contributed by atoms with E-state index in [0.29, 0.717) is 0 Å². The van der Waals surface area contributed by atoms with E-state index in [1.54, 1.807) is 0 Å². The second kappa shape index (κ2) is 10.9. The molecule has 190 valence electrons. The number of halogens is 1. The standard InChI is InChI=1S/C28H34ClN5OS/c1-19-20(2)34(23-9-6-8-22(29)18-23)21(3)25(19)27-26(24-10-4-5-11-30-24)31-28(36)33(27)13-7-12-32-14-16-35-17-15-32/h4-6,8-11,18,26-27H,7,12-17H2,1-3H3,(H,31,36)/t26-,27+/m0/s1. The third kappa shape index (κ3) is 4.90. The van der Waals surface area contributed by atoms with Crippen LogP contribution in [0.4, 0.5) is 0 Å². The minimum Gasteiger partial charge on any atom is -0.379 e. The highest BCUT2D eigenvalue weighted by atomic mass is 35.5. The van der Waals surface area contributed by atoms with Crippen molar-refractivity contribution in [1.29, 1.82) is 0 Å². The first-order chi connectivity index (χ1) is 17.5. The molecule has 36 heavy (non-hydrogen) atoms. The molecule has 2 aliphatic heterocycles. The summed E-state index contributed by atoms with van der Waals surface area (Å²) in [5.74, 6) is 0. The van der Waals surface area contributed by atoms with E-state index in [1.807, 2.05) is 36.5 Å². The molecule has 8 heteroatoms. The molecule has 0 radical (unpaired) electrons. The van der Waals surface area contributed by atoms with Gasteiger partial charge >= 0.3 is 0 Å². The molecule has 4 heterocycles. The molecule has 2 saturated heterocycles. The van der Waals surface area contributed by atoms with Crippen LogP contribution in [0.1, 0.15) is 46.7 Å². The van der Waals surface area contributed by atoms with Gasteiger partial charge in [-0.15, -0.1) is 0 Å². The van der Waals surface area contributed by atoms with Crippen LogP contribution < -0.4 is 5.32 Å². The fraction of sp³-hybridized carbons (Fsp3) is 0.429. The molecule has 6 nitrogen and oxygen atoms in total. The Balaban J connectivity index is 1.52. The van der Waals surface area contributed by atoms with Gasteiger partial charge in [0.2, 0.25) is 0 Å². The summed E-state index contributed by atoms with van der Waals surface area (Å²) in [6.45, 7) is 12.2. The van der Waals surface area contributed by atoms with Gasteiger partial charge in [0.05, 0.1) is 31.0 Å². The quantitative estimate of drug-likeness (QED) is 0.432. The number of morpholine rings is 1. The van der Waals surface area contributed by atoms with Crippen molar-refractivity contribution in [1.82, 2.24) is 24.7 Å². The molecule has 0 unspecified atom stereocenters. The highest BCUT2D eigenvalue weighted by Gasteiger charge is 2.42. The second-order valence-corrected chi connectivity index (χ2v) is 10.5. The largest absolute Gasteiger partial charge is 0.379 e. The van der Waals surface area contributed by atoms with Crippen LogP contribution >= 0.6 is 23.8 Å². The third-order valence-corrected chi connectivity index (χ3v) is 8.13. The number of benzene rings is 1. The Labute approximate surface area is 224 Å². The first kappa shape index (κ1) is 25.2. The molecule has 1 aromatic carbocycles. The van der Waals surface area contributed by atoms with E-state index in [-0.39, 0.29) is 12.1 Å². The van der Waals surface area contributed by atoms with Crippen LogP contribution in [-0.4, -0.2) is 63.9 Å². The van der Waals surface area contributed by atoms with Gasteiger partial charge in [0.25, 0.3) is 0 Å². The predicted molar refractivity (Wildman–Crippen MR) is 149 cm³/mol. The molecule has 3 aromatic rings. The van der Waals surface area contributed by atoms with Gasteiger partial charge in [0.1, 0.15) is 0 Å². The number of ether oxygens (including phenoxy) is 1. The number of pyridine rings is 1. The highest BCUT2D eigenvalue weighted by Crippen LogP contribution is 2.43. The van der Waals surface area contributed by atoms with Gasteiger partial charge in [-0.1, -0.05) is 23.7 Å². The average Bonchev–Trinajstić information content (AvgIpc) is 3.32. The normalized spacial score (nSPS) is 20.7. The molecule has 0 aliphatic carbocycles. The molecule has 5 rings (SSSR count). The minimum absolute atomic E-state index is 0.0194. The maximum Gasteiger partial charge on any atom is 0.170 e. The first-order valence-electron chi connectivity index (χ1n) is 12.7. The van der Waals surface area contributed by atoms with Crippen LogP contribution in [0.15, 0.2) is 48.7 Å². The van der Waals surface area contributed by atoms with Crippen molar-refractivity contribution in [2.24, 2.45) is 0 Å². The number of rotatable bonds is 7. The van der Waals surface area contributed by atoms with Crippen LogP contribution in [0.3, 0.4) is 0 Å². The predicted octanol–water partition coefficient (Wildman–Crippen LogP) is 5.15. The Morgan fingerprint density at radius 2 is 1.86 bits per heavy atom. The number of nitrogens with zero attached hydrogens (tertiary/aromatic N) is 4. The third-order valence-electron chi connectivity index (χ3n) is 7.54. The second-order valence-electron chi connectivity index (χ2n) is 9.65. The van der Waals surface area contributed by atoms with Gasteiger partial charge in [-0.05, 0) is 75.3 Å². The van der Waals surface area contributed by atoms with E-state index < -0.39 is 0 Å². The summed E-state index contributed by atoms with van der Waals surface area (Å²) in [6, 6.07) is 14.2. The average molecular weight is 524 g/mol. The van der Waals surface area contributed by atoms with Crippen molar-refractivity contribution in [3.05, 3.63) is 81.9 Å².